The molecule has 0 spiro atoms. The smallest absolute Gasteiger partial charge is 0.408 e. The van der Waals surface area contributed by atoms with E-state index in [9.17, 15) is 18.0 Å². The van der Waals surface area contributed by atoms with Gasteiger partial charge in [0.2, 0.25) is 15.9 Å². The highest BCUT2D eigenvalue weighted by Crippen LogP contribution is 2.35. The van der Waals surface area contributed by atoms with E-state index in [0.717, 1.165) is 10.6 Å². The molecule has 0 saturated heterocycles. The van der Waals surface area contributed by atoms with Gasteiger partial charge in [0.15, 0.2) is 11.2 Å². The first-order valence-electron chi connectivity index (χ1n) is 8.04. The molecule has 0 fully saturated rings. The molecule has 0 aliphatic carbocycles. The second kappa shape index (κ2) is 6.98. The van der Waals surface area contributed by atoms with Crippen LogP contribution in [-0.4, -0.2) is 31.1 Å². The summed E-state index contributed by atoms with van der Waals surface area (Å²) in [5.74, 6) is 1.35. The molecule has 1 aliphatic rings. The topological polar surface area (TPSA) is 149 Å². The van der Waals surface area contributed by atoms with Gasteiger partial charge in [-0.2, -0.15) is 10.2 Å². The first-order valence-corrected chi connectivity index (χ1v) is 9.59. The second-order valence-corrected chi connectivity index (χ2v) is 7.68. The molecule has 1 aliphatic heterocycles. The summed E-state index contributed by atoms with van der Waals surface area (Å²) >= 11 is 0. The van der Waals surface area contributed by atoms with Crippen LogP contribution in [0.25, 0.3) is 11.1 Å². The molecular weight excluding hydrogens is 374 g/mol. The number of primary sulfonamides is 1. The van der Waals surface area contributed by atoms with Crippen LogP contribution in [0.1, 0.15) is 19.3 Å². The third-order valence-electron chi connectivity index (χ3n) is 4.17. The number of hydrogen-bond donors (Lipinski definition) is 2. The van der Waals surface area contributed by atoms with Gasteiger partial charge in [-0.15, -0.1) is 12.3 Å². The third-order valence-corrected chi connectivity index (χ3v) is 5.08. The molecular formula is C16H17N5O5S. The van der Waals surface area contributed by atoms with E-state index >= 15 is 0 Å². The molecule has 3 N–H and O–H groups in total. The van der Waals surface area contributed by atoms with Crippen molar-refractivity contribution in [1.29, 1.82) is 0 Å². The second-order valence-electron chi connectivity index (χ2n) is 6.12. The molecule has 2 aromatic rings. The van der Waals surface area contributed by atoms with Crippen LogP contribution >= 0.6 is 0 Å². The van der Waals surface area contributed by atoms with Crippen LogP contribution in [0.3, 0.4) is 0 Å². The van der Waals surface area contributed by atoms with Crippen molar-refractivity contribution in [2.75, 3.05) is 6.54 Å². The Kier molecular flexibility index (Phi) is 4.86. The Morgan fingerprint density at radius 1 is 1.37 bits per heavy atom. The van der Waals surface area contributed by atoms with Crippen molar-refractivity contribution < 1.29 is 17.6 Å². The number of sulfonamides is 1. The quantitative estimate of drug-likeness (QED) is 0.622. The van der Waals surface area contributed by atoms with Gasteiger partial charge in [0.25, 0.3) is 0 Å². The molecule has 1 aromatic heterocycles. The van der Waals surface area contributed by atoms with Gasteiger partial charge in [-0.05, 0) is 12.1 Å². The first kappa shape index (κ1) is 18.8. The maximum atomic E-state index is 12.1. The Labute approximate surface area is 154 Å². The highest BCUT2D eigenvalue weighted by atomic mass is 32.2. The van der Waals surface area contributed by atoms with Crippen LogP contribution in [0, 0.1) is 12.3 Å². The number of rotatable bonds is 8. The fraction of sp³-hybridized carbons (Fsp3) is 0.375. The van der Waals surface area contributed by atoms with E-state index in [0.29, 0.717) is 31.3 Å². The maximum absolute atomic E-state index is 12.1. The molecule has 0 saturated carbocycles. The number of amides is 1. The number of terminal acetylenes is 1. The lowest BCUT2D eigenvalue weighted by atomic mass is 10.0. The first-order chi connectivity index (χ1) is 12.7. The minimum Gasteiger partial charge on any atom is -0.408 e. The number of carbonyl (C=O) groups excluding carboxylic acids is 1. The Morgan fingerprint density at radius 2 is 2.11 bits per heavy atom. The summed E-state index contributed by atoms with van der Waals surface area (Å²) in [6, 6.07) is 3.75. The average molecular weight is 391 g/mol. The Morgan fingerprint density at radius 3 is 2.74 bits per heavy atom. The van der Waals surface area contributed by atoms with Crippen LogP contribution in [-0.2, 0) is 21.4 Å². The van der Waals surface area contributed by atoms with Gasteiger partial charge in [0.1, 0.15) is 6.54 Å². The minimum atomic E-state index is -3.93. The fourth-order valence-corrected chi connectivity index (χ4v) is 3.17. The lowest BCUT2D eigenvalue weighted by Crippen LogP contribution is -2.33. The van der Waals surface area contributed by atoms with E-state index < -0.39 is 27.3 Å². The summed E-state index contributed by atoms with van der Waals surface area (Å²) in [6.45, 7) is 0.0582. The number of benzene rings is 1. The lowest BCUT2D eigenvalue weighted by molar-refractivity contribution is -0.121. The molecule has 2 heterocycles. The van der Waals surface area contributed by atoms with Crippen LogP contribution in [0.15, 0.2) is 42.5 Å². The molecule has 1 aromatic carbocycles. The van der Waals surface area contributed by atoms with Crippen molar-refractivity contribution in [1.82, 2.24) is 9.88 Å². The zero-order valence-corrected chi connectivity index (χ0v) is 15.0. The van der Waals surface area contributed by atoms with Crippen molar-refractivity contribution in [2.24, 2.45) is 15.4 Å². The molecule has 3 rings (SSSR count). The largest absolute Gasteiger partial charge is 0.420 e. The number of oxazole rings is 1. The number of nitrogens with two attached hydrogens (primary N) is 1. The van der Waals surface area contributed by atoms with Crippen molar-refractivity contribution >= 4 is 27.0 Å². The van der Waals surface area contributed by atoms with Crippen molar-refractivity contribution in [3.05, 3.63) is 28.7 Å². The van der Waals surface area contributed by atoms with Crippen LogP contribution in [0.2, 0.25) is 0 Å². The normalized spacial score (nSPS) is 14.8. The molecule has 27 heavy (non-hydrogen) atoms. The number of nitrogens with one attached hydrogen (secondary N) is 1. The van der Waals surface area contributed by atoms with Crippen LogP contribution in [0.4, 0.5) is 0 Å². The lowest BCUT2D eigenvalue weighted by Gasteiger charge is -2.10. The molecule has 0 radical (unpaired) electrons. The van der Waals surface area contributed by atoms with Gasteiger partial charge in [0.05, 0.1) is 10.4 Å². The Hall–Kier alpha value is -2.97. The van der Waals surface area contributed by atoms with Gasteiger partial charge in [0, 0.05) is 31.9 Å². The molecule has 0 unspecified atom stereocenters. The SMILES string of the molecule is C#CCCC1(CCNC(=O)Cn2c(=O)oc3cc(S(N)(=O)=O)ccc32)N=N1. The standard InChI is InChI=1S/C16H17N5O5S/c1-2-3-6-16(19-20-16)7-8-18-14(22)10-21-12-5-4-11(27(17,24)25)9-13(12)26-15(21)23/h1,4-5,9H,3,6-8,10H2,(H,18,22)(H2,17,24,25). The summed E-state index contributed by atoms with van der Waals surface area (Å²) in [4.78, 5) is 23.9. The number of aromatic nitrogens is 1. The zero-order valence-electron chi connectivity index (χ0n) is 14.2. The molecule has 142 valence electrons. The van der Waals surface area contributed by atoms with Gasteiger partial charge in [-0.1, -0.05) is 0 Å². The Bertz CT molecular complexity index is 1120. The van der Waals surface area contributed by atoms with E-state index in [2.05, 4.69) is 21.5 Å². The van der Waals surface area contributed by atoms with Gasteiger partial charge in [-0.3, -0.25) is 9.36 Å². The number of carbonyl (C=O) groups is 1. The van der Waals surface area contributed by atoms with Crippen molar-refractivity contribution in [2.45, 2.75) is 36.4 Å². The van der Waals surface area contributed by atoms with Crippen molar-refractivity contribution in [3.63, 3.8) is 0 Å². The maximum Gasteiger partial charge on any atom is 0.420 e. The predicted octanol–water partition coefficient (Wildman–Crippen LogP) is 0.324. The van der Waals surface area contributed by atoms with E-state index in [1.54, 1.807) is 0 Å². The van der Waals surface area contributed by atoms with Crippen molar-refractivity contribution in [3.8, 4) is 12.3 Å². The molecule has 1 amide bonds. The molecule has 0 atom stereocenters. The van der Waals surface area contributed by atoms with Crippen LogP contribution < -0.4 is 16.2 Å². The predicted molar refractivity (Wildman–Crippen MR) is 95.1 cm³/mol. The summed E-state index contributed by atoms with van der Waals surface area (Å²) in [6.07, 6.45) is 6.94. The van der Waals surface area contributed by atoms with Crippen LogP contribution in [0.5, 0.6) is 0 Å². The summed E-state index contributed by atoms with van der Waals surface area (Å²) in [7, 11) is -3.93. The molecule has 11 heteroatoms. The summed E-state index contributed by atoms with van der Waals surface area (Å²) < 4.78 is 28.9. The highest BCUT2D eigenvalue weighted by molar-refractivity contribution is 7.89. The molecule has 10 nitrogen and oxygen atoms in total. The van der Waals surface area contributed by atoms with Gasteiger partial charge in [-0.25, -0.2) is 18.4 Å². The number of hydrogen-bond acceptors (Lipinski definition) is 7. The van der Waals surface area contributed by atoms with E-state index in [-0.39, 0.29) is 17.0 Å². The van der Waals surface area contributed by atoms with E-state index in [1.165, 1.54) is 12.1 Å². The zero-order chi connectivity index (χ0) is 19.7. The summed E-state index contributed by atoms with van der Waals surface area (Å²) in [5, 5.41) is 15.7. The number of fused-ring (bicyclic) bond motifs is 1. The molecule has 0 bridgehead atoms. The fourth-order valence-electron chi connectivity index (χ4n) is 2.64. The summed E-state index contributed by atoms with van der Waals surface area (Å²) in [5.41, 5.74) is -0.175. The monoisotopic (exact) mass is 391 g/mol. The van der Waals surface area contributed by atoms with E-state index in [4.69, 9.17) is 16.0 Å². The van der Waals surface area contributed by atoms with Gasteiger partial charge < -0.3 is 9.73 Å². The minimum absolute atomic E-state index is 0.0307. The highest BCUT2D eigenvalue weighted by Gasteiger charge is 2.38. The van der Waals surface area contributed by atoms with Gasteiger partial charge >= 0.3 is 5.76 Å². The Balaban J connectivity index is 1.64. The van der Waals surface area contributed by atoms with E-state index in [1.807, 2.05) is 0 Å². The average Bonchev–Trinajstić information content (AvgIpc) is 3.30. The third kappa shape index (κ3) is 4.24. The number of nitrogens with zero attached hydrogens (tertiary/aromatic N) is 3.